The standard InChI is InChI=1S/C11H12N4O2S/c12-9-3-4-13-11(5-9)8-6-14-15(7-8)18(16,17)10-1-2-10/h3-7,10H,1-2H2,(H2,12,13). The topological polar surface area (TPSA) is 90.9 Å². The van der Waals surface area contributed by atoms with Crippen molar-refractivity contribution in [2.75, 3.05) is 5.73 Å². The molecular weight excluding hydrogens is 252 g/mol. The number of nitrogens with two attached hydrogens (primary N) is 1. The summed E-state index contributed by atoms with van der Waals surface area (Å²) in [6, 6.07) is 3.36. The largest absolute Gasteiger partial charge is 0.399 e. The maximum absolute atomic E-state index is 12.0. The van der Waals surface area contributed by atoms with Gasteiger partial charge in [0, 0.05) is 17.4 Å². The Labute approximate surface area is 105 Å². The molecule has 1 saturated carbocycles. The molecule has 94 valence electrons. The van der Waals surface area contributed by atoms with Crippen molar-refractivity contribution in [3.8, 4) is 11.3 Å². The molecule has 0 atom stereocenters. The first kappa shape index (κ1) is 11.2. The maximum Gasteiger partial charge on any atom is 0.256 e. The van der Waals surface area contributed by atoms with Crippen LogP contribution < -0.4 is 5.73 Å². The minimum absolute atomic E-state index is 0.279. The van der Waals surface area contributed by atoms with Gasteiger partial charge in [-0.15, -0.1) is 0 Å². The number of hydrogen-bond acceptors (Lipinski definition) is 5. The highest BCUT2D eigenvalue weighted by atomic mass is 32.2. The van der Waals surface area contributed by atoms with Crippen LogP contribution in [0.4, 0.5) is 5.69 Å². The molecule has 1 fully saturated rings. The van der Waals surface area contributed by atoms with Gasteiger partial charge in [-0.05, 0) is 25.0 Å². The van der Waals surface area contributed by atoms with Gasteiger partial charge in [-0.3, -0.25) is 4.98 Å². The van der Waals surface area contributed by atoms with E-state index < -0.39 is 10.0 Å². The van der Waals surface area contributed by atoms with E-state index in [1.165, 1.54) is 12.4 Å². The Bertz CT molecular complexity index is 689. The summed E-state index contributed by atoms with van der Waals surface area (Å²) in [5.41, 5.74) is 7.51. The molecule has 7 heteroatoms. The normalized spacial score (nSPS) is 15.8. The lowest BCUT2D eigenvalue weighted by atomic mass is 10.2. The first-order valence-corrected chi connectivity index (χ1v) is 7.08. The number of aromatic nitrogens is 3. The Balaban J connectivity index is 1.99. The fraction of sp³-hybridized carbons (Fsp3) is 0.273. The molecule has 0 amide bonds. The van der Waals surface area contributed by atoms with Gasteiger partial charge in [0.05, 0.1) is 23.3 Å². The molecule has 0 aliphatic heterocycles. The van der Waals surface area contributed by atoms with Gasteiger partial charge < -0.3 is 5.73 Å². The van der Waals surface area contributed by atoms with E-state index in [1.807, 2.05) is 0 Å². The van der Waals surface area contributed by atoms with Crippen LogP contribution >= 0.6 is 0 Å². The Morgan fingerprint density at radius 2 is 2.17 bits per heavy atom. The van der Waals surface area contributed by atoms with Crippen molar-refractivity contribution in [2.45, 2.75) is 18.1 Å². The molecule has 0 aromatic carbocycles. The minimum Gasteiger partial charge on any atom is -0.399 e. The van der Waals surface area contributed by atoms with Gasteiger partial charge in [-0.1, -0.05) is 0 Å². The summed E-state index contributed by atoms with van der Waals surface area (Å²) in [5.74, 6) is 0. The van der Waals surface area contributed by atoms with E-state index in [2.05, 4.69) is 10.1 Å². The minimum atomic E-state index is -3.32. The average Bonchev–Trinajstić information content (AvgIpc) is 3.07. The van der Waals surface area contributed by atoms with E-state index >= 15 is 0 Å². The molecule has 2 heterocycles. The predicted molar refractivity (Wildman–Crippen MR) is 67.2 cm³/mol. The molecule has 2 aromatic rings. The highest BCUT2D eigenvalue weighted by molar-refractivity contribution is 7.90. The molecule has 0 spiro atoms. The molecule has 6 nitrogen and oxygen atoms in total. The first-order valence-electron chi connectivity index (χ1n) is 5.58. The lowest BCUT2D eigenvalue weighted by Gasteiger charge is -2.00. The molecule has 3 rings (SSSR count). The SMILES string of the molecule is Nc1ccnc(-c2cnn(S(=O)(=O)C3CC3)c2)c1. The van der Waals surface area contributed by atoms with Crippen molar-refractivity contribution < 1.29 is 8.42 Å². The van der Waals surface area contributed by atoms with E-state index in [4.69, 9.17) is 5.73 Å². The van der Waals surface area contributed by atoms with Crippen molar-refractivity contribution in [1.82, 2.24) is 14.2 Å². The predicted octanol–water partition coefficient (Wildman–Crippen LogP) is 0.868. The van der Waals surface area contributed by atoms with Crippen LogP contribution in [-0.2, 0) is 10.0 Å². The van der Waals surface area contributed by atoms with Crippen molar-refractivity contribution in [2.24, 2.45) is 0 Å². The van der Waals surface area contributed by atoms with Crippen LogP contribution in [0.15, 0.2) is 30.7 Å². The highest BCUT2D eigenvalue weighted by Crippen LogP contribution is 2.30. The summed E-state index contributed by atoms with van der Waals surface area (Å²) in [6.45, 7) is 0. The van der Waals surface area contributed by atoms with Crippen LogP contribution in [0.2, 0.25) is 0 Å². The number of pyridine rings is 1. The second kappa shape index (κ2) is 3.81. The smallest absolute Gasteiger partial charge is 0.256 e. The van der Waals surface area contributed by atoms with Crippen molar-refractivity contribution in [3.63, 3.8) is 0 Å². The van der Waals surface area contributed by atoms with Gasteiger partial charge >= 0.3 is 0 Å². The molecule has 0 bridgehead atoms. The van der Waals surface area contributed by atoms with Crippen LogP contribution in [0.5, 0.6) is 0 Å². The second-order valence-corrected chi connectivity index (χ2v) is 6.39. The van der Waals surface area contributed by atoms with Crippen LogP contribution in [0.3, 0.4) is 0 Å². The lowest BCUT2D eigenvalue weighted by molar-refractivity contribution is 0.578. The zero-order valence-corrected chi connectivity index (χ0v) is 10.3. The molecule has 1 aliphatic rings. The Kier molecular flexibility index (Phi) is 2.37. The number of nitrogen functional groups attached to an aromatic ring is 1. The van der Waals surface area contributed by atoms with E-state index in [-0.39, 0.29) is 5.25 Å². The lowest BCUT2D eigenvalue weighted by Crippen LogP contribution is -2.17. The third-order valence-corrected chi connectivity index (χ3v) is 4.88. The van der Waals surface area contributed by atoms with Crippen LogP contribution in [-0.4, -0.2) is 27.8 Å². The molecule has 0 radical (unpaired) electrons. The maximum atomic E-state index is 12.0. The monoisotopic (exact) mass is 264 g/mol. The fourth-order valence-corrected chi connectivity index (χ4v) is 3.18. The number of rotatable bonds is 3. The fourth-order valence-electron chi connectivity index (χ4n) is 1.70. The molecule has 2 N–H and O–H groups in total. The van der Waals surface area contributed by atoms with Crippen LogP contribution in [0, 0.1) is 0 Å². The van der Waals surface area contributed by atoms with E-state index in [0.717, 1.165) is 4.09 Å². The average molecular weight is 264 g/mol. The summed E-state index contributed by atoms with van der Waals surface area (Å²) in [4.78, 5) is 4.14. The Hall–Kier alpha value is -1.89. The van der Waals surface area contributed by atoms with E-state index in [9.17, 15) is 8.42 Å². The summed E-state index contributed by atoms with van der Waals surface area (Å²) < 4.78 is 25.0. The third-order valence-electron chi connectivity index (χ3n) is 2.85. The van der Waals surface area contributed by atoms with Gasteiger partial charge in [0.15, 0.2) is 0 Å². The first-order chi connectivity index (χ1) is 8.57. The van der Waals surface area contributed by atoms with Crippen molar-refractivity contribution >= 4 is 15.7 Å². The molecule has 0 saturated heterocycles. The number of nitrogens with zero attached hydrogens (tertiary/aromatic N) is 3. The van der Waals surface area contributed by atoms with Crippen LogP contribution in [0.1, 0.15) is 12.8 Å². The summed E-state index contributed by atoms with van der Waals surface area (Å²) in [6.07, 6.45) is 5.98. The molecule has 1 aliphatic carbocycles. The number of hydrogen-bond donors (Lipinski definition) is 1. The number of anilines is 1. The van der Waals surface area contributed by atoms with Gasteiger partial charge in [0.2, 0.25) is 0 Å². The second-order valence-electron chi connectivity index (χ2n) is 4.32. The Morgan fingerprint density at radius 1 is 1.39 bits per heavy atom. The van der Waals surface area contributed by atoms with Crippen molar-refractivity contribution in [3.05, 3.63) is 30.7 Å². The van der Waals surface area contributed by atoms with E-state index in [0.29, 0.717) is 29.8 Å². The zero-order valence-electron chi connectivity index (χ0n) is 9.52. The van der Waals surface area contributed by atoms with Gasteiger partial charge in [-0.2, -0.15) is 9.19 Å². The summed E-state index contributed by atoms with van der Waals surface area (Å²) in [5, 5.41) is 3.62. The highest BCUT2D eigenvalue weighted by Gasteiger charge is 2.37. The summed E-state index contributed by atoms with van der Waals surface area (Å²) in [7, 11) is -3.32. The van der Waals surface area contributed by atoms with Gasteiger partial charge in [0.25, 0.3) is 10.0 Å². The molecular formula is C11H12N4O2S. The molecule has 2 aromatic heterocycles. The molecule has 18 heavy (non-hydrogen) atoms. The molecule has 0 unspecified atom stereocenters. The van der Waals surface area contributed by atoms with Crippen LogP contribution in [0.25, 0.3) is 11.3 Å². The quantitative estimate of drug-likeness (QED) is 0.888. The van der Waals surface area contributed by atoms with E-state index in [1.54, 1.807) is 18.3 Å². The van der Waals surface area contributed by atoms with Crippen molar-refractivity contribution in [1.29, 1.82) is 0 Å². The third kappa shape index (κ3) is 1.86. The Morgan fingerprint density at radius 3 is 2.83 bits per heavy atom. The summed E-state index contributed by atoms with van der Waals surface area (Å²) >= 11 is 0. The zero-order chi connectivity index (χ0) is 12.8. The van der Waals surface area contributed by atoms with Gasteiger partial charge in [0.1, 0.15) is 0 Å². The van der Waals surface area contributed by atoms with Gasteiger partial charge in [-0.25, -0.2) is 8.42 Å².